The summed E-state index contributed by atoms with van der Waals surface area (Å²) >= 11 is 1.33. The van der Waals surface area contributed by atoms with Gasteiger partial charge in [0.1, 0.15) is 0 Å². The van der Waals surface area contributed by atoms with Gasteiger partial charge in [-0.25, -0.2) is 0 Å². The molecule has 1 aliphatic rings. The van der Waals surface area contributed by atoms with E-state index in [4.69, 9.17) is 18.5 Å². The van der Waals surface area contributed by atoms with Gasteiger partial charge in [-0.05, 0) is 13.3 Å². The molecule has 0 aromatic carbocycles. The van der Waals surface area contributed by atoms with Crippen LogP contribution >= 0.6 is 20.8 Å². The zero-order chi connectivity index (χ0) is 17.3. The van der Waals surface area contributed by atoms with Gasteiger partial charge in [-0.2, -0.15) is 0 Å². The maximum Gasteiger partial charge on any atom is 0.194 e. The van der Waals surface area contributed by atoms with Crippen molar-refractivity contribution in [1.29, 1.82) is 0 Å². The molecule has 0 aromatic rings. The Hall–Kier alpha value is 0.290. The molecule has 0 radical (unpaired) electrons. The van der Waals surface area contributed by atoms with Gasteiger partial charge in [0.25, 0.3) is 0 Å². The van der Waals surface area contributed by atoms with Crippen LogP contribution in [0.5, 0.6) is 0 Å². The van der Waals surface area contributed by atoms with Gasteiger partial charge >= 0.3 is 0 Å². The van der Waals surface area contributed by atoms with E-state index < -0.39 is 0 Å². The van der Waals surface area contributed by atoms with Crippen molar-refractivity contribution < 1.29 is 23.3 Å². The Morgan fingerprint density at radius 1 is 1.30 bits per heavy atom. The Kier molecular flexibility index (Phi) is 10.2. The molecule has 0 saturated carbocycles. The monoisotopic (exact) mass is 366 g/mol. The molecule has 0 N–H and O–H groups in total. The second-order valence-electron chi connectivity index (χ2n) is 6.72. The van der Waals surface area contributed by atoms with Crippen molar-refractivity contribution in [2.75, 3.05) is 25.6 Å². The number of carbonyl (C=O) groups is 1. The van der Waals surface area contributed by atoms with Gasteiger partial charge in [0, 0.05) is 17.6 Å². The van der Waals surface area contributed by atoms with Gasteiger partial charge in [-0.3, -0.25) is 4.79 Å². The molecule has 7 heteroatoms. The Balaban J connectivity index is 1.93. The number of rotatable bonds is 10. The minimum atomic E-state index is -0.288. The fourth-order valence-electron chi connectivity index (χ4n) is 2.15. The van der Waals surface area contributed by atoms with Crippen molar-refractivity contribution in [3.05, 3.63) is 0 Å². The normalized spacial score (nSPS) is 25.5. The molecule has 1 rings (SSSR count). The lowest BCUT2D eigenvalue weighted by atomic mass is 10.00. The first-order valence-electron chi connectivity index (χ1n) is 8.27. The van der Waals surface area contributed by atoms with E-state index in [9.17, 15) is 4.79 Å². The Labute approximate surface area is 146 Å². The first-order chi connectivity index (χ1) is 10.8. The van der Waals surface area contributed by atoms with E-state index >= 15 is 0 Å². The van der Waals surface area contributed by atoms with Crippen LogP contribution in [-0.4, -0.2) is 49.0 Å². The van der Waals surface area contributed by atoms with Crippen molar-refractivity contribution in [3.63, 3.8) is 0 Å². The predicted octanol–water partition coefficient (Wildman–Crippen LogP) is 3.81. The lowest BCUT2D eigenvalue weighted by Crippen LogP contribution is -2.21. The lowest BCUT2D eigenvalue weighted by molar-refractivity contribution is -0.117. The molecule has 23 heavy (non-hydrogen) atoms. The van der Waals surface area contributed by atoms with Gasteiger partial charge in [-0.1, -0.05) is 39.5 Å². The highest BCUT2D eigenvalue weighted by Crippen LogP contribution is 2.30. The first kappa shape index (κ1) is 21.3. The van der Waals surface area contributed by atoms with Crippen molar-refractivity contribution >= 4 is 25.9 Å². The SMILES string of the molecule is CCC1OC(C)CC1OPOCCOCCSC(=O)C(C)(C)C. The van der Waals surface area contributed by atoms with E-state index in [0.29, 0.717) is 25.6 Å². The summed E-state index contributed by atoms with van der Waals surface area (Å²) in [5, 5.41) is 0.200. The molecule has 5 nitrogen and oxygen atoms in total. The molecule has 0 aliphatic carbocycles. The lowest BCUT2D eigenvalue weighted by Gasteiger charge is -2.17. The maximum absolute atomic E-state index is 11.7. The van der Waals surface area contributed by atoms with Crippen LogP contribution in [0.2, 0.25) is 0 Å². The largest absolute Gasteiger partial charge is 0.378 e. The average molecular weight is 366 g/mol. The van der Waals surface area contributed by atoms with E-state index in [2.05, 4.69) is 13.8 Å². The van der Waals surface area contributed by atoms with E-state index in [0.717, 1.165) is 12.8 Å². The van der Waals surface area contributed by atoms with Gasteiger partial charge in [0.2, 0.25) is 0 Å². The van der Waals surface area contributed by atoms with Crippen molar-refractivity contribution in [2.45, 2.75) is 65.8 Å². The second-order valence-corrected chi connectivity index (χ2v) is 8.47. The van der Waals surface area contributed by atoms with Crippen LogP contribution in [0.1, 0.15) is 47.5 Å². The fraction of sp³-hybridized carbons (Fsp3) is 0.938. The van der Waals surface area contributed by atoms with Crippen LogP contribution in [0, 0.1) is 5.41 Å². The van der Waals surface area contributed by atoms with E-state index in [1.807, 2.05) is 20.8 Å². The number of hydrogen-bond donors (Lipinski definition) is 0. The molecule has 1 fully saturated rings. The molecule has 0 amide bonds. The summed E-state index contributed by atoms with van der Waals surface area (Å²) in [6.07, 6.45) is 2.51. The smallest absolute Gasteiger partial charge is 0.194 e. The molecule has 0 bridgehead atoms. The Morgan fingerprint density at radius 3 is 2.70 bits per heavy atom. The molecular weight excluding hydrogens is 335 g/mol. The van der Waals surface area contributed by atoms with Crippen molar-refractivity contribution in [1.82, 2.24) is 0 Å². The predicted molar refractivity (Wildman–Crippen MR) is 96.1 cm³/mol. The summed E-state index contributed by atoms with van der Waals surface area (Å²) in [6.45, 7) is 11.6. The third kappa shape index (κ3) is 8.80. The van der Waals surface area contributed by atoms with E-state index in [-0.39, 0.29) is 37.9 Å². The van der Waals surface area contributed by atoms with Gasteiger partial charge in [0.05, 0.1) is 38.1 Å². The highest BCUT2D eigenvalue weighted by molar-refractivity contribution is 8.13. The third-order valence-electron chi connectivity index (χ3n) is 3.45. The highest BCUT2D eigenvalue weighted by Gasteiger charge is 2.32. The summed E-state index contributed by atoms with van der Waals surface area (Å²) < 4.78 is 22.4. The molecule has 4 atom stereocenters. The third-order valence-corrected chi connectivity index (χ3v) is 5.42. The fourth-order valence-corrected chi connectivity index (χ4v) is 3.58. The topological polar surface area (TPSA) is 54.0 Å². The Bertz CT molecular complexity index is 348. The second kappa shape index (κ2) is 11.0. The summed E-state index contributed by atoms with van der Waals surface area (Å²) in [5.74, 6) is 0.685. The number of hydrogen-bond acceptors (Lipinski definition) is 6. The molecule has 0 aromatic heterocycles. The summed E-state index contributed by atoms with van der Waals surface area (Å²) in [5.41, 5.74) is -0.288. The first-order valence-corrected chi connectivity index (χ1v) is 10.1. The van der Waals surface area contributed by atoms with Gasteiger partial charge in [0.15, 0.2) is 14.1 Å². The quantitative estimate of drug-likeness (QED) is 0.433. The zero-order valence-electron chi connectivity index (χ0n) is 14.9. The molecule has 1 aliphatic heterocycles. The molecular formula is C16H31O5PS. The van der Waals surface area contributed by atoms with Crippen molar-refractivity contribution in [2.24, 2.45) is 5.41 Å². The summed E-state index contributed by atoms with van der Waals surface area (Å²) in [4.78, 5) is 11.7. The molecule has 136 valence electrons. The highest BCUT2D eigenvalue weighted by atomic mass is 32.2. The number of thioether (sulfide) groups is 1. The standard InChI is InChI=1S/C16H31O5PS/c1-6-13-14(11-12(2)20-13)21-22-19-8-7-18-9-10-23-15(17)16(3,4)5/h12-14,22H,6-11H2,1-5H3. The van der Waals surface area contributed by atoms with Crippen LogP contribution in [-0.2, 0) is 23.3 Å². The number of ether oxygens (including phenoxy) is 2. The minimum Gasteiger partial charge on any atom is -0.378 e. The molecule has 0 spiro atoms. The van der Waals surface area contributed by atoms with Crippen LogP contribution in [0.25, 0.3) is 0 Å². The van der Waals surface area contributed by atoms with Crippen molar-refractivity contribution in [3.8, 4) is 0 Å². The van der Waals surface area contributed by atoms with Crippen LogP contribution in [0.3, 0.4) is 0 Å². The Morgan fingerprint density at radius 2 is 2.04 bits per heavy atom. The summed E-state index contributed by atoms with van der Waals surface area (Å²) in [6, 6.07) is 0. The molecule has 1 saturated heterocycles. The van der Waals surface area contributed by atoms with Gasteiger partial charge < -0.3 is 18.5 Å². The van der Waals surface area contributed by atoms with Crippen LogP contribution in [0.4, 0.5) is 0 Å². The zero-order valence-corrected chi connectivity index (χ0v) is 16.7. The van der Waals surface area contributed by atoms with E-state index in [1.54, 1.807) is 0 Å². The van der Waals surface area contributed by atoms with Crippen LogP contribution in [0.15, 0.2) is 0 Å². The maximum atomic E-state index is 11.7. The minimum absolute atomic E-state index is 0.0261. The molecule has 4 unspecified atom stereocenters. The average Bonchev–Trinajstić information content (AvgIpc) is 2.84. The number of carbonyl (C=O) groups excluding carboxylic acids is 1. The summed E-state index contributed by atoms with van der Waals surface area (Å²) in [7, 11) is 0.0261. The van der Waals surface area contributed by atoms with Crippen LogP contribution < -0.4 is 0 Å². The van der Waals surface area contributed by atoms with Gasteiger partial charge in [-0.15, -0.1) is 0 Å². The molecule has 1 heterocycles. The van der Waals surface area contributed by atoms with E-state index in [1.165, 1.54) is 11.8 Å².